The van der Waals surface area contributed by atoms with E-state index in [9.17, 15) is 4.39 Å². The van der Waals surface area contributed by atoms with Gasteiger partial charge in [0.25, 0.3) is 0 Å². The Hall–Kier alpha value is -1.78. The zero-order chi connectivity index (χ0) is 12.3. The standard InChI is InChI=1S/C13H14FN3/c1-9-8-10(14)5-6-11(9)13(17-15)12-4-2-3-7-16-12/h2-8,13,17H,15H2,1H3. The predicted octanol–water partition coefficient (Wildman–Crippen LogP) is 2.08. The number of hydrogen-bond donors (Lipinski definition) is 2. The number of aromatic nitrogens is 1. The second kappa shape index (κ2) is 5.03. The fraction of sp³-hybridized carbons (Fsp3) is 0.154. The normalized spacial score (nSPS) is 12.4. The first-order valence-electron chi connectivity index (χ1n) is 5.35. The van der Waals surface area contributed by atoms with Gasteiger partial charge in [0.15, 0.2) is 0 Å². The second-order valence-electron chi connectivity index (χ2n) is 3.86. The largest absolute Gasteiger partial charge is 0.271 e. The molecule has 0 bridgehead atoms. The highest BCUT2D eigenvalue weighted by Gasteiger charge is 2.15. The molecule has 0 fully saturated rings. The van der Waals surface area contributed by atoms with E-state index >= 15 is 0 Å². The highest BCUT2D eigenvalue weighted by Crippen LogP contribution is 2.23. The lowest BCUT2D eigenvalue weighted by Gasteiger charge is -2.17. The number of aryl methyl sites for hydroxylation is 1. The molecule has 1 heterocycles. The Labute approximate surface area is 99.5 Å². The van der Waals surface area contributed by atoms with Crippen molar-refractivity contribution >= 4 is 0 Å². The third-order valence-corrected chi connectivity index (χ3v) is 2.69. The Morgan fingerprint density at radius 1 is 1.29 bits per heavy atom. The second-order valence-corrected chi connectivity index (χ2v) is 3.86. The van der Waals surface area contributed by atoms with Crippen LogP contribution in [0.4, 0.5) is 4.39 Å². The number of pyridine rings is 1. The van der Waals surface area contributed by atoms with Crippen LogP contribution in [0.1, 0.15) is 22.9 Å². The zero-order valence-electron chi connectivity index (χ0n) is 9.52. The SMILES string of the molecule is Cc1cc(F)ccc1C(NN)c1ccccn1. The van der Waals surface area contributed by atoms with Gasteiger partial charge in [-0.2, -0.15) is 0 Å². The molecular weight excluding hydrogens is 217 g/mol. The first-order chi connectivity index (χ1) is 8.22. The molecule has 1 unspecified atom stereocenters. The predicted molar refractivity (Wildman–Crippen MR) is 64.5 cm³/mol. The minimum absolute atomic E-state index is 0.225. The Balaban J connectivity index is 2.42. The molecule has 3 nitrogen and oxygen atoms in total. The molecule has 0 aliphatic heterocycles. The molecule has 1 aromatic carbocycles. The van der Waals surface area contributed by atoms with E-state index in [2.05, 4.69) is 10.4 Å². The van der Waals surface area contributed by atoms with Crippen molar-refractivity contribution in [3.05, 3.63) is 65.2 Å². The quantitative estimate of drug-likeness (QED) is 0.628. The van der Waals surface area contributed by atoms with Crippen molar-refractivity contribution in [3.63, 3.8) is 0 Å². The van der Waals surface area contributed by atoms with Crippen molar-refractivity contribution in [3.8, 4) is 0 Å². The summed E-state index contributed by atoms with van der Waals surface area (Å²) in [6.45, 7) is 1.85. The molecule has 0 aliphatic carbocycles. The fourth-order valence-corrected chi connectivity index (χ4v) is 1.84. The van der Waals surface area contributed by atoms with E-state index in [1.807, 2.05) is 25.1 Å². The van der Waals surface area contributed by atoms with Gasteiger partial charge in [-0.05, 0) is 42.3 Å². The molecule has 4 heteroatoms. The first-order valence-corrected chi connectivity index (χ1v) is 5.35. The molecule has 3 N–H and O–H groups in total. The summed E-state index contributed by atoms with van der Waals surface area (Å²) in [4.78, 5) is 4.25. The molecule has 17 heavy (non-hydrogen) atoms. The summed E-state index contributed by atoms with van der Waals surface area (Å²) < 4.78 is 13.1. The van der Waals surface area contributed by atoms with Crippen LogP contribution in [0.15, 0.2) is 42.6 Å². The van der Waals surface area contributed by atoms with E-state index in [1.54, 1.807) is 12.3 Å². The van der Waals surface area contributed by atoms with Crippen LogP contribution in [-0.4, -0.2) is 4.98 Å². The number of hydrogen-bond acceptors (Lipinski definition) is 3. The van der Waals surface area contributed by atoms with Crippen LogP contribution in [0.3, 0.4) is 0 Å². The van der Waals surface area contributed by atoms with E-state index in [4.69, 9.17) is 5.84 Å². The van der Waals surface area contributed by atoms with Gasteiger partial charge in [-0.1, -0.05) is 12.1 Å². The molecule has 2 rings (SSSR count). The van der Waals surface area contributed by atoms with Gasteiger partial charge in [-0.3, -0.25) is 10.8 Å². The van der Waals surface area contributed by atoms with Crippen molar-refractivity contribution in [1.29, 1.82) is 0 Å². The highest BCUT2D eigenvalue weighted by atomic mass is 19.1. The van der Waals surface area contributed by atoms with Crippen molar-refractivity contribution in [1.82, 2.24) is 10.4 Å². The minimum atomic E-state index is -0.247. The molecule has 0 spiro atoms. The van der Waals surface area contributed by atoms with E-state index < -0.39 is 0 Å². The highest BCUT2D eigenvalue weighted by molar-refractivity contribution is 5.34. The summed E-state index contributed by atoms with van der Waals surface area (Å²) >= 11 is 0. The van der Waals surface area contributed by atoms with E-state index in [-0.39, 0.29) is 11.9 Å². The van der Waals surface area contributed by atoms with Crippen molar-refractivity contribution in [2.75, 3.05) is 0 Å². The maximum atomic E-state index is 13.1. The molecule has 2 aromatic rings. The topological polar surface area (TPSA) is 50.9 Å². The number of halogens is 1. The lowest BCUT2D eigenvalue weighted by molar-refractivity contribution is 0.604. The minimum Gasteiger partial charge on any atom is -0.271 e. The maximum absolute atomic E-state index is 13.1. The lowest BCUT2D eigenvalue weighted by Crippen LogP contribution is -2.30. The Morgan fingerprint density at radius 2 is 2.12 bits per heavy atom. The van der Waals surface area contributed by atoms with E-state index in [0.717, 1.165) is 16.8 Å². The smallest absolute Gasteiger partial charge is 0.123 e. The Bertz CT molecular complexity index is 499. The van der Waals surface area contributed by atoms with Gasteiger partial charge in [-0.15, -0.1) is 0 Å². The average molecular weight is 231 g/mol. The van der Waals surface area contributed by atoms with Gasteiger partial charge in [0.2, 0.25) is 0 Å². The lowest BCUT2D eigenvalue weighted by atomic mass is 9.99. The summed E-state index contributed by atoms with van der Waals surface area (Å²) in [6, 6.07) is 10.0. The average Bonchev–Trinajstić information content (AvgIpc) is 2.34. The third-order valence-electron chi connectivity index (χ3n) is 2.69. The number of benzene rings is 1. The summed E-state index contributed by atoms with van der Waals surface area (Å²) in [6.07, 6.45) is 1.71. The molecule has 0 saturated heterocycles. The van der Waals surface area contributed by atoms with Crippen LogP contribution in [0.5, 0.6) is 0 Å². The molecule has 0 radical (unpaired) electrons. The number of nitrogens with zero attached hydrogens (tertiary/aromatic N) is 1. The fourth-order valence-electron chi connectivity index (χ4n) is 1.84. The van der Waals surface area contributed by atoms with Gasteiger partial charge in [-0.25, -0.2) is 9.82 Å². The Morgan fingerprint density at radius 3 is 2.71 bits per heavy atom. The van der Waals surface area contributed by atoms with Crippen molar-refractivity contribution < 1.29 is 4.39 Å². The summed E-state index contributed by atoms with van der Waals surface area (Å²) in [5.74, 6) is 5.31. The summed E-state index contributed by atoms with van der Waals surface area (Å²) in [5, 5.41) is 0. The van der Waals surface area contributed by atoms with Gasteiger partial charge in [0, 0.05) is 6.20 Å². The monoisotopic (exact) mass is 231 g/mol. The van der Waals surface area contributed by atoms with Crippen molar-refractivity contribution in [2.45, 2.75) is 13.0 Å². The molecule has 0 saturated carbocycles. The number of hydrazine groups is 1. The van der Waals surface area contributed by atoms with Crippen LogP contribution >= 0.6 is 0 Å². The zero-order valence-corrected chi connectivity index (χ0v) is 9.52. The van der Waals surface area contributed by atoms with Crippen LogP contribution in [-0.2, 0) is 0 Å². The van der Waals surface area contributed by atoms with Crippen LogP contribution in [0.2, 0.25) is 0 Å². The third kappa shape index (κ3) is 2.49. The first kappa shape index (κ1) is 11.7. The van der Waals surface area contributed by atoms with Gasteiger partial charge in [0.1, 0.15) is 5.82 Å². The number of rotatable bonds is 3. The molecular formula is C13H14FN3. The molecule has 88 valence electrons. The van der Waals surface area contributed by atoms with E-state index in [0.29, 0.717) is 0 Å². The summed E-state index contributed by atoms with van der Waals surface area (Å²) in [7, 11) is 0. The molecule has 0 amide bonds. The van der Waals surface area contributed by atoms with Crippen LogP contribution in [0, 0.1) is 12.7 Å². The van der Waals surface area contributed by atoms with Crippen LogP contribution in [0.25, 0.3) is 0 Å². The molecule has 1 atom stereocenters. The Kier molecular flexibility index (Phi) is 3.46. The van der Waals surface area contributed by atoms with E-state index in [1.165, 1.54) is 12.1 Å². The van der Waals surface area contributed by atoms with Crippen molar-refractivity contribution in [2.24, 2.45) is 5.84 Å². The molecule has 1 aromatic heterocycles. The van der Waals surface area contributed by atoms with Crippen LogP contribution < -0.4 is 11.3 Å². The number of nitrogens with one attached hydrogen (secondary N) is 1. The van der Waals surface area contributed by atoms with Gasteiger partial charge in [0.05, 0.1) is 11.7 Å². The summed E-state index contributed by atoms with van der Waals surface area (Å²) in [5.41, 5.74) is 5.29. The van der Waals surface area contributed by atoms with Gasteiger partial charge >= 0.3 is 0 Å². The maximum Gasteiger partial charge on any atom is 0.123 e. The molecule has 0 aliphatic rings. The number of nitrogens with two attached hydrogens (primary N) is 1. The van der Waals surface area contributed by atoms with Gasteiger partial charge < -0.3 is 0 Å².